The van der Waals surface area contributed by atoms with Crippen LogP contribution in [0.4, 0.5) is 5.82 Å². The van der Waals surface area contributed by atoms with E-state index in [0.29, 0.717) is 30.8 Å². The van der Waals surface area contributed by atoms with Crippen LogP contribution in [-0.4, -0.2) is 60.1 Å². The van der Waals surface area contributed by atoms with Gasteiger partial charge in [-0.25, -0.2) is 22.7 Å². The van der Waals surface area contributed by atoms with Crippen molar-refractivity contribution in [1.82, 2.24) is 19.3 Å². The second-order valence-electron chi connectivity index (χ2n) is 6.53. The van der Waals surface area contributed by atoms with Gasteiger partial charge < -0.3 is 9.88 Å². The molecule has 2 aromatic rings. The number of hydrogen-bond acceptors (Lipinski definition) is 5. The van der Waals surface area contributed by atoms with E-state index < -0.39 is 10.0 Å². The third-order valence-electron chi connectivity index (χ3n) is 5.28. The minimum absolute atomic E-state index is 0.198. The molecule has 7 nitrogen and oxygen atoms in total. The summed E-state index contributed by atoms with van der Waals surface area (Å²) in [6.45, 7) is 3.99. The van der Waals surface area contributed by atoms with Crippen molar-refractivity contribution in [2.75, 3.05) is 37.3 Å². The second kappa shape index (κ2) is 5.17. The number of nitrogens with zero attached hydrogens (tertiary/aromatic N) is 4. The van der Waals surface area contributed by atoms with E-state index in [1.54, 1.807) is 17.6 Å². The lowest BCUT2D eigenvalue weighted by Crippen LogP contribution is -2.34. The third-order valence-corrected chi connectivity index (χ3v) is 7.09. The van der Waals surface area contributed by atoms with Gasteiger partial charge in [0.25, 0.3) is 0 Å². The number of aromatic amines is 1. The number of rotatable bonds is 5. The molecule has 23 heavy (non-hydrogen) atoms. The molecule has 2 aliphatic rings. The topological polar surface area (TPSA) is 82.2 Å². The zero-order chi connectivity index (χ0) is 16.2. The number of hydrogen-bond donors (Lipinski definition) is 1. The van der Waals surface area contributed by atoms with Crippen LogP contribution in [0, 0.1) is 17.8 Å². The normalized spacial score (nSPS) is 27.3. The maximum absolute atomic E-state index is 11.9. The van der Waals surface area contributed by atoms with Crippen molar-refractivity contribution in [3.63, 3.8) is 0 Å². The Morgan fingerprint density at radius 2 is 2.09 bits per heavy atom. The fourth-order valence-corrected chi connectivity index (χ4v) is 5.02. The summed E-state index contributed by atoms with van der Waals surface area (Å²) in [6, 6.07) is 1.99. The Morgan fingerprint density at radius 3 is 2.78 bits per heavy atom. The van der Waals surface area contributed by atoms with Crippen molar-refractivity contribution in [2.45, 2.75) is 6.92 Å². The van der Waals surface area contributed by atoms with Crippen LogP contribution in [0.25, 0.3) is 11.0 Å². The Balaban J connectivity index is 1.43. The van der Waals surface area contributed by atoms with Crippen molar-refractivity contribution in [1.29, 1.82) is 0 Å². The van der Waals surface area contributed by atoms with Crippen LogP contribution in [0.2, 0.25) is 0 Å². The molecule has 1 aliphatic heterocycles. The van der Waals surface area contributed by atoms with Crippen LogP contribution in [-0.2, 0) is 10.0 Å². The van der Waals surface area contributed by atoms with E-state index in [1.807, 2.05) is 19.3 Å². The Labute approximate surface area is 135 Å². The number of piperidine rings is 1. The molecule has 2 fully saturated rings. The molecule has 3 atom stereocenters. The molecule has 3 heterocycles. The SMILES string of the molecule is CCS(=O)(=O)N1C[C@@H]2[C@H](CN(C)c3ncnc4[nH]ccc34)[C@@H]2C1. The monoisotopic (exact) mass is 335 g/mol. The van der Waals surface area contributed by atoms with Gasteiger partial charge in [0.1, 0.15) is 17.8 Å². The van der Waals surface area contributed by atoms with E-state index in [-0.39, 0.29) is 5.75 Å². The van der Waals surface area contributed by atoms with Crippen LogP contribution in [0.5, 0.6) is 0 Å². The molecule has 0 unspecified atom stereocenters. The predicted octanol–water partition coefficient (Wildman–Crippen LogP) is 0.922. The minimum atomic E-state index is -3.03. The van der Waals surface area contributed by atoms with Crippen LogP contribution >= 0.6 is 0 Å². The summed E-state index contributed by atoms with van der Waals surface area (Å²) in [5.41, 5.74) is 0.845. The van der Waals surface area contributed by atoms with E-state index in [9.17, 15) is 8.42 Å². The van der Waals surface area contributed by atoms with Gasteiger partial charge in [-0.3, -0.25) is 0 Å². The van der Waals surface area contributed by atoms with E-state index in [2.05, 4.69) is 19.9 Å². The molecule has 4 rings (SSSR count). The molecular weight excluding hydrogens is 314 g/mol. The summed E-state index contributed by atoms with van der Waals surface area (Å²) in [5, 5.41) is 1.02. The largest absolute Gasteiger partial charge is 0.359 e. The molecule has 0 bridgehead atoms. The summed E-state index contributed by atoms with van der Waals surface area (Å²) < 4.78 is 25.5. The number of nitrogens with one attached hydrogen (secondary N) is 1. The predicted molar refractivity (Wildman–Crippen MR) is 88.7 cm³/mol. The molecule has 0 radical (unpaired) electrons. The molecule has 1 saturated carbocycles. The molecule has 2 aromatic heterocycles. The maximum atomic E-state index is 11.9. The fourth-order valence-electron chi connectivity index (χ4n) is 3.86. The summed E-state index contributed by atoms with van der Waals surface area (Å²) in [6.07, 6.45) is 3.45. The summed E-state index contributed by atoms with van der Waals surface area (Å²) in [5.74, 6) is 2.69. The van der Waals surface area contributed by atoms with Gasteiger partial charge >= 0.3 is 0 Å². The van der Waals surface area contributed by atoms with Crippen LogP contribution in [0.15, 0.2) is 18.6 Å². The van der Waals surface area contributed by atoms with Crippen LogP contribution in [0.3, 0.4) is 0 Å². The van der Waals surface area contributed by atoms with Gasteiger partial charge in [-0.1, -0.05) is 0 Å². The Bertz CT molecular complexity index is 821. The average Bonchev–Trinajstić information content (AvgIpc) is 2.97. The third kappa shape index (κ3) is 2.40. The van der Waals surface area contributed by atoms with E-state index in [4.69, 9.17) is 0 Å². The van der Waals surface area contributed by atoms with Gasteiger partial charge in [0, 0.05) is 32.9 Å². The van der Waals surface area contributed by atoms with Gasteiger partial charge in [0.05, 0.1) is 11.1 Å². The fraction of sp³-hybridized carbons (Fsp3) is 0.600. The maximum Gasteiger partial charge on any atom is 0.213 e. The Kier molecular flexibility index (Phi) is 3.35. The zero-order valence-electron chi connectivity index (χ0n) is 13.3. The van der Waals surface area contributed by atoms with Crippen molar-refractivity contribution < 1.29 is 8.42 Å². The second-order valence-corrected chi connectivity index (χ2v) is 8.78. The molecule has 1 N–H and O–H groups in total. The minimum Gasteiger partial charge on any atom is -0.359 e. The zero-order valence-corrected chi connectivity index (χ0v) is 14.1. The lowest BCUT2D eigenvalue weighted by Gasteiger charge is -2.22. The number of H-pyrrole nitrogens is 1. The van der Waals surface area contributed by atoms with Crippen LogP contribution < -0.4 is 4.90 Å². The first-order chi connectivity index (χ1) is 11.0. The number of anilines is 1. The average molecular weight is 335 g/mol. The van der Waals surface area contributed by atoms with Crippen molar-refractivity contribution in [3.05, 3.63) is 18.6 Å². The Hall–Kier alpha value is -1.67. The smallest absolute Gasteiger partial charge is 0.213 e. The van der Waals surface area contributed by atoms with Gasteiger partial charge in [0.2, 0.25) is 10.0 Å². The standard InChI is InChI=1S/C15H21N5O2S/c1-3-23(21,22)20-7-12-11(13(12)8-20)6-19(2)15-10-4-5-16-14(10)17-9-18-15/h4-5,9,11-13H,3,6-8H2,1-2H3,(H,16,17,18)/t11-,12+,13-. The molecule has 0 spiro atoms. The highest BCUT2D eigenvalue weighted by Gasteiger charge is 2.57. The summed E-state index contributed by atoms with van der Waals surface area (Å²) in [4.78, 5) is 13.9. The van der Waals surface area contributed by atoms with E-state index >= 15 is 0 Å². The van der Waals surface area contributed by atoms with Crippen molar-refractivity contribution >= 4 is 26.9 Å². The summed E-state index contributed by atoms with van der Waals surface area (Å²) in [7, 11) is -0.986. The quantitative estimate of drug-likeness (QED) is 0.879. The number of sulfonamides is 1. The highest BCUT2D eigenvalue weighted by molar-refractivity contribution is 7.89. The molecular formula is C15H21N5O2S. The van der Waals surface area contributed by atoms with Gasteiger partial charge in [0.15, 0.2) is 0 Å². The van der Waals surface area contributed by atoms with Gasteiger partial charge in [-0.05, 0) is 30.7 Å². The number of fused-ring (bicyclic) bond motifs is 2. The number of aromatic nitrogens is 3. The first-order valence-electron chi connectivity index (χ1n) is 7.98. The van der Waals surface area contributed by atoms with Crippen molar-refractivity contribution in [3.8, 4) is 0 Å². The molecule has 124 valence electrons. The van der Waals surface area contributed by atoms with Crippen LogP contribution in [0.1, 0.15) is 6.92 Å². The first kappa shape index (κ1) is 14.9. The molecule has 8 heteroatoms. The van der Waals surface area contributed by atoms with Gasteiger partial charge in [-0.15, -0.1) is 0 Å². The lowest BCUT2D eigenvalue weighted by atomic mass is 10.2. The highest BCUT2D eigenvalue weighted by atomic mass is 32.2. The van der Waals surface area contributed by atoms with E-state index in [1.165, 1.54) is 0 Å². The first-order valence-corrected chi connectivity index (χ1v) is 9.59. The van der Waals surface area contributed by atoms with Gasteiger partial charge in [-0.2, -0.15) is 0 Å². The Morgan fingerprint density at radius 1 is 1.35 bits per heavy atom. The van der Waals surface area contributed by atoms with E-state index in [0.717, 1.165) is 23.4 Å². The lowest BCUT2D eigenvalue weighted by molar-refractivity contribution is 0.413. The molecule has 1 saturated heterocycles. The molecule has 0 amide bonds. The highest BCUT2D eigenvalue weighted by Crippen LogP contribution is 2.52. The van der Waals surface area contributed by atoms with Crippen molar-refractivity contribution in [2.24, 2.45) is 17.8 Å². The summed E-state index contributed by atoms with van der Waals surface area (Å²) >= 11 is 0. The molecule has 0 aromatic carbocycles. The molecule has 1 aliphatic carbocycles.